The van der Waals surface area contributed by atoms with Crippen molar-refractivity contribution < 1.29 is 4.79 Å². The Kier molecular flexibility index (Phi) is 7.19. The fourth-order valence-electron chi connectivity index (χ4n) is 4.88. The van der Waals surface area contributed by atoms with Crippen molar-refractivity contribution >= 4 is 60.8 Å². The Labute approximate surface area is 237 Å². The molecule has 0 aliphatic heterocycles. The first-order valence-electron chi connectivity index (χ1n) is 12.5. The largest absolute Gasteiger partial charge is 0.325 e. The molecular weight excluding hydrogens is 578 g/mol. The Morgan fingerprint density at radius 3 is 2.53 bits per heavy atom. The summed E-state index contributed by atoms with van der Waals surface area (Å²) in [4.78, 5) is 34.0. The highest BCUT2D eigenvalue weighted by Gasteiger charge is 2.23. The third-order valence-electron chi connectivity index (χ3n) is 6.66. The van der Waals surface area contributed by atoms with Gasteiger partial charge in [-0.15, -0.1) is 11.3 Å². The molecule has 38 heavy (non-hydrogen) atoms. The SMILES string of the molecule is O=C(CSc1nc2sc3c(c2c(=O)n1-c1ccc(Br)cc1)CCCC3)Nc1ccccc1-c1ccccc1. The van der Waals surface area contributed by atoms with Crippen LogP contribution in [0.15, 0.2) is 93.3 Å². The van der Waals surface area contributed by atoms with Crippen LogP contribution in [0.4, 0.5) is 5.69 Å². The first-order chi connectivity index (χ1) is 18.6. The maximum atomic E-state index is 13.9. The zero-order valence-electron chi connectivity index (χ0n) is 20.4. The van der Waals surface area contributed by atoms with Gasteiger partial charge in [0.1, 0.15) is 4.83 Å². The smallest absolute Gasteiger partial charge is 0.267 e. The number of carbonyl (C=O) groups is 1. The number of thioether (sulfide) groups is 1. The van der Waals surface area contributed by atoms with Gasteiger partial charge in [-0.05, 0) is 67.1 Å². The number of hydrogen-bond acceptors (Lipinski definition) is 5. The van der Waals surface area contributed by atoms with Crippen LogP contribution in [0.1, 0.15) is 23.3 Å². The topological polar surface area (TPSA) is 64.0 Å². The fourth-order valence-corrected chi connectivity index (χ4v) is 7.26. The molecule has 3 aromatic carbocycles. The van der Waals surface area contributed by atoms with Gasteiger partial charge in [-0.1, -0.05) is 76.2 Å². The van der Waals surface area contributed by atoms with Crippen LogP contribution in [0.5, 0.6) is 0 Å². The zero-order valence-corrected chi connectivity index (χ0v) is 23.7. The maximum absolute atomic E-state index is 13.9. The standard InChI is InChI=1S/C30H24BrN3O2S2/c31-20-14-16-21(17-15-20)34-29(36)27-23-11-5-7-13-25(23)38-28(27)33-30(34)37-18-26(35)32-24-12-6-4-10-22(24)19-8-2-1-3-9-19/h1-4,6,8-10,12,14-17H,5,7,11,13,18H2,(H,32,35). The fraction of sp³-hybridized carbons (Fsp3) is 0.167. The molecule has 2 heterocycles. The second kappa shape index (κ2) is 10.9. The number of anilines is 1. The molecule has 0 atom stereocenters. The minimum atomic E-state index is -0.152. The molecule has 5 aromatic rings. The molecule has 8 heteroatoms. The number of halogens is 1. The van der Waals surface area contributed by atoms with Crippen molar-refractivity contribution in [1.29, 1.82) is 0 Å². The Hall–Kier alpha value is -3.20. The summed E-state index contributed by atoms with van der Waals surface area (Å²) in [7, 11) is 0. The number of hydrogen-bond donors (Lipinski definition) is 1. The van der Waals surface area contributed by atoms with Crippen molar-refractivity contribution in [2.45, 2.75) is 30.8 Å². The van der Waals surface area contributed by atoms with E-state index in [1.165, 1.54) is 16.6 Å². The molecule has 0 radical (unpaired) electrons. The van der Waals surface area contributed by atoms with Gasteiger partial charge in [0.25, 0.3) is 5.56 Å². The van der Waals surface area contributed by atoms with E-state index in [0.29, 0.717) is 5.16 Å². The second-order valence-corrected chi connectivity index (χ2v) is 12.1. The molecule has 190 valence electrons. The van der Waals surface area contributed by atoms with Crippen LogP contribution in [0.3, 0.4) is 0 Å². The maximum Gasteiger partial charge on any atom is 0.267 e. The van der Waals surface area contributed by atoms with Crippen LogP contribution in [-0.4, -0.2) is 21.2 Å². The minimum Gasteiger partial charge on any atom is -0.325 e. The van der Waals surface area contributed by atoms with E-state index < -0.39 is 0 Å². The van der Waals surface area contributed by atoms with E-state index in [-0.39, 0.29) is 17.2 Å². The van der Waals surface area contributed by atoms with Crippen LogP contribution in [0, 0.1) is 0 Å². The van der Waals surface area contributed by atoms with E-state index in [1.54, 1.807) is 15.9 Å². The monoisotopic (exact) mass is 601 g/mol. The van der Waals surface area contributed by atoms with E-state index in [4.69, 9.17) is 4.98 Å². The number of fused-ring (bicyclic) bond motifs is 3. The second-order valence-electron chi connectivity index (χ2n) is 9.15. The highest BCUT2D eigenvalue weighted by atomic mass is 79.9. The lowest BCUT2D eigenvalue weighted by Crippen LogP contribution is -2.23. The molecule has 1 aliphatic carbocycles. The highest BCUT2D eigenvalue weighted by Crippen LogP contribution is 2.35. The summed E-state index contributed by atoms with van der Waals surface area (Å²) in [5.74, 6) is -0.0246. The van der Waals surface area contributed by atoms with Crippen molar-refractivity contribution in [3.8, 4) is 16.8 Å². The number of carbonyl (C=O) groups excluding carboxylic acids is 1. The van der Waals surface area contributed by atoms with Gasteiger partial charge < -0.3 is 5.32 Å². The number of rotatable bonds is 6. The number of amides is 1. The number of aromatic nitrogens is 2. The molecule has 0 bridgehead atoms. The number of para-hydroxylation sites is 1. The third kappa shape index (κ3) is 4.96. The lowest BCUT2D eigenvalue weighted by Gasteiger charge is -2.14. The summed E-state index contributed by atoms with van der Waals surface area (Å²) >= 11 is 6.39. The predicted molar refractivity (Wildman–Crippen MR) is 161 cm³/mol. The average Bonchev–Trinajstić information content (AvgIpc) is 3.32. The quantitative estimate of drug-likeness (QED) is 0.162. The van der Waals surface area contributed by atoms with E-state index in [0.717, 1.165) is 68.4 Å². The molecule has 5 nitrogen and oxygen atoms in total. The summed E-state index contributed by atoms with van der Waals surface area (Å²) in [5.41, 5.74) is 4.58. The molecule has 0 unspecified atom stereocenters. The predicted octanol–water partition coefficient (Wildman–Crippen LogP) is 7.49. The summed E-state index contributed by atoms with van der Waals surface area (Å²) in [5, 5.41) is 4.32. The van der Waals surface area contributed by atoms with Crippen LogP contribution < -0.4 is 10.9 Å². The Balaban J connectivity index is 1.33. The molecular formula is C30H24BrN3O2S2. The molecule has 0 saturated carbocycles. The van der Waals surface area contributed by atoms with Crippen LogP contribution >= 0.6 is 39.0 Å². The first-order valence-corrected chi connectivity index (χ1v) is 15.1. The van der Waals surface area contributed by atoms with Crippen LogP contribution in [0.25, 0.3) is 27.0 Å². The molecule has 1 amide bonds. The van der Waals surface area contributed by atoms with E-state index in [2.05, 4.69) is 21.2 Å². The summed E-state index contributed by atoms with van der Waals surface area (Å²) in [6, 6.07) is 25.4. The van der Waals surface area contributed by atoms with Crippen molar-refractivity contribution in [2.24, 2.45) is 0 Å². The van der Waals surface area contributed by atoms with Crippen molar-refractivity contribution in [3.63, 3.8) is 0 Å². The van der Waals surface area contributed by atoms with Gasteiger partial charge in [-0.2, -0.15) is 0 Å². The summed E-state index contributed by atoms with van der Waals surface area (Å²) in [6.45, 7) is 0. The van der Waals surface area contributed by atoms with Crippen LogP contribution in [-0.2, 0) is 17.6 Å². The number of nitrogens with one attached hydrogen (secondary N) is 1. The van der Waals surface area contributed by atoms with E-state index in [9.17, 15) is 9.59 Å². The van der Waals surface area contributed by atoms with Gasteiger partial charge in [0, 0.05) is 20.6 Å². The Morgan fingerprint density at radius 1 is 0.974 bits per heavy atom. The van der Waals surface area contributed by atoms with Crippen molar-refractivity contribution in [3.05, 3.63) is 104 Å². The molecule has 6 rings (SSSR count). The number of nitrogens with zero attached hydrogens (tertiary/aromatic N) is 2. The Bertz CT molecular complexity index is 1700. The molecule has 0 saturated heterocycles. The van der Waals surface area contributed by atoms with E-state index >= 15 is 0 Å². The number of aryl methyl sites for hydroxylation is 2. The van der Waals surface area contributed by atoms with E-state index in [1.807, 2.05) is 78.9 Å². The van der Waals surface area contributed by atoms with Crippen molar-refractivity contribution in [1.82, 2.24) is 9.55 Å². The minimum absolute atomic E-state index is 0.0611. The van der Waals surface area contributed by atoms with Crippen LogP contribution in [0.2, 0.25) is 0 Å². The molecule has 1 aliphatic rings. The van der Waals surface area contributed by atoms with Gasteiger partial charge >= 0.3 is 0 Å². The normalized spacial score (nSPS) is 12.9. The van der Waals surface area contributed by atoms with Gasteiger partial charge in [0.15, 0.2) is 5.16 Å². The van der Waals surface area contributed by atoms with Gasteiger partial charge in [0.2, 0.25) is 5.91 Å². The van der Waals surface area contributed by atoms with Gasteiger partial charge in [-0.3, -0.25) is 14.2 Å². The Morgan fingerprint density at radius 2 is 1.71 bits per heavy atom. The third-order valence-corrected chi connectivity index (χ3v) is 9.31. The zero-order chi connectivity index (χ0) is 26.1. The lowest BCUT2D eigenvalue weighted by atomic mass is 9.97. The first kappa shape index (κ1) is 25.1. The summed E-state index contributed by atoms with van der Waals surface area (Å²) < 4.78 is 2.59. The lowest BCUT2D eigenvalue weighted by molar-refractivity contribution is -0.113. The highest BCUT2D eigenvalue weighted by molar-refractivity contribution is 9.10. The molecule has 0 spiro atoms. The van der Waals surface area contributed by atoms with Gasteiger partial charge in [-0.25, -0.2) is 4.98 Å². The average molecular weight is 603 g/mol. The molecule has 1 N–H and O–H groups in total. The van der Waals surface area contributed by atoms with Crippen molar-refractivity contribution in [2.75, 3.05) is 11.1 Å². The summed E-state index contributed by atoms with van der Waals surface area (Å²) in [6.07, 6.45) is 4.16. The molecule has 0 fully saturated rings. The molecule has 2 aromatic heterocycles. The van der Waals surface area contributed by atoms with Gasteiger partial charge in [0.05, 0.1) is 16.8 Å². The number of benzene rings is 3. The number of thiophene rings is 1.